The van der Waals surface area contributed by atoms with Crippen LogP contribution in [0.1, 0.15) is 39.5 Å². The molecule has 1 aliphatic rings. The van der Waals surface area contributed by atoms with Crippen LogP contribution in [0, 0.1) is 11.8 Å². The first kappa shape index (κ1) is 15.0. The lowest BCUT2D eigenvalue weighted by molar-refractivity contribution is -0.123. The van der Waals surface area contributed by atoms with Crippen molar-refractivity contribution in [2.24, 2.45) is 11.8 Å². The molecule has 0 spiro atoms. The van der Waals surface area contributed by atoms with Crippen molar-refractivity contribution in [1.82, 2.24) is 10.6 Å². The molecule has 1 saturated carbocycles. The summed E-state index contributed by atoms with van der Waals surface area (Å²) in [5.74, 6) is 0.640. The highest BCUT2D eigenvalue weighted by Crippen LogP contribution is 2.37. The molecule has 3 unspecified atom stereocenters. The minimum absolute atomic E-state index is 0.0664. The van der Waals surface area contributed by atoms with Gasteiger partial charge in [0, 0.05) is 25.4 Å². The number of hydrogen-bond donors (Lipinski definition) is 3. The summed E-state index contributed by atoms with van der Waals surface area (Å²) >= 11 is 0. The van der Waals surface area contributed by atoms with Crippen LogP contribution in [0.5, 0.6) is 0 Å². The van der Waals surface area contributed by atoms with Crippen LogP contribution < -0.4 is 10.6 Å². The zero-order valence-electron chi connectivity index (χ0n) is 11.2. The predicted octanol–water partition coefficient (Wildman–Crippen LogP) is 0.426. The Labute approximate surface area is 108 Å². The number of aliphatic hydroxyl groups is 1. The van der Waals surface area contributed by atoms with Crippen LogP contribution >= 0.6 is 0 Å². The van der Waals surface area contributed by atoms with E-state index in [0.717, 1.165) is 6.42 Å². The molecule has 0 saturated heterocycles. The van der Waals surface area contributed by atoms with Gasteiger partial charge in [0.2, 0.25) is 11.8 Å². The molecule has 0 bridgehead atoms. The standard InChI is InChI=1S/C13H24N2O3/c1-3-10(16)4-6-14-12(17)5-7-15-13(18)11-8-9(11)2/h9-11,16H,3-8H2,1-2H3,(H,14,17)(H,15,18). The molecule has 1 aliphatic carbocycles. The molecule has 104 valence electrons. The second kappa shape index (κ2) is 7.36. The van der Waals surface area contributed by atoms with Crippen molar-refractivity contribution in [2.75, 3.05) is 13.1 Å². The molecule has 2 amide bonds. The zero-order chi connectivity index (χ0) is 13.5. The first-order chi connectivity index (χ1) is 8.54. The monoisotopic (exact) mass is 256 g/mol. The van der Waals surface area contributed by atoms with Gasteiger partial charge in [0.05, 0.1) is 6.10 Å². The number of nitrogens with one attached hydrogen (secondary N) is 2. The van der Waals surface area contributed by atoms with Gasteiger partial charge < -0.3 is 15.7 Å². The third-order valence-electron chi connectivity index (χ3n) is 3.37. The Hall–Kier alpha value is -1.10. The summed E-state index contributed by atoms with van der Waals surface area (Å²) in [6.07, 6.45) is 2.20. The van der Waals surface area contributed by atoms with E-state index in [2.05, 4.69) is 17.6 Å². The van der Waals surface area contributed by atoms with E-state index in [1.54, 1.807) is 0 Å². The van der Waals surface area contributed by atoms with Crippen molar-refractivity contribution in [3.8, 4) is 0 Å². The molecule has 0 aromatic heterocycles. The molecular formula is C13H24N2O3. The molecule has 5 heteroatoms. The minimum Gasteiger partial charge on any atom is -0.393 e. The third-order valence-corrected chi connectivity index (χ3v) is 3.37. The lowest BCUT2D eigenvalue weighted by Gasteiger charge is -2.09. The smallest absolute Gasteiger partial charge is 0.223 e. The highest BCUT2D eigenvalue weighted by molar-refractivity contribution is 5.82. The van der Waals surface area contributed by atoms with Crippen molar-refractivity contribution < 1.29 is 14.7 Å². The molecule has 18 heavy (non-hydrogen) atoms. The van der Waals surface area contributed by atoms with Gasteiger partial charge in [-0.25, -0.2) is 0 Å². The van der Waals surface area contributed by atoms with Crippen LogP contribution in [0.3, 0.4) is 0 Å². The fourth-order valence-electron chi connectivity index (χ4n) is 1.79. The molecule has 0 aliphatic heterocycles. The van der Waals surface area contributed by atoms with Crippen LogP contribution in [0.4, 0.5) is 0 Å². The maximum absolute atomic E-state index is 11.5. The number of amides is 2. The van der Waals surface area contributed by atoms with Gasteiger partial charge in [-0.3, -0.25) is 9.59 Å². The van der Waals surface area contributed by atoms with E-state index in [-0.39, 0.29) is 23.8 Å². The first-order valence-electron chi connectivity index (χ1n) is 6.77. The van der Waals surface area contributed by atoms with E-state index in [1.165, 1.54) is 0 Å². The summed E-state index contributed by atoms with van der Waals surface area (Å²) in [6, 6.07) is 0. The summed E-state index contributed by atoms with van der Waals surface area (Å²) in [7, 11) is 0. The van der Waals surface area contributed by atoms with Gasteiger partial charge in [-0.05, 0) is 25.2 Å². The van der Waals surface area contributed by atoms with Crippen molar-refractivity contribution in [1.29, 1.82) is 0 Å². The summed E-state index contributed by atoms with van der Waals surface area (Å²) in [6.45, 7) is 4.84. The van der Waals surface area contributed by atoms with Gasteiger partial charge in [0.1, 0.15) is 0 Å². The highest BCUT2D eigenvalue weighted by atomic mass is 16.3. The summed E-state index contributed by atoms with van der Waals surface area (Å²) in [4.78, 5) is 22.9. The van der Waals surface area contributed by atoms with Crippen molar-refractivity contribution in [3.63, 3.8) is 0 Å². The van der Waals surface area contributed by atoms with Gasteiger partial charge >= 0.3 is 0 Å². The number of rotatable bonds is 8. The van der Waals surface area contributed by atoms with Crippen LogP contribution in [0.15, 0.2) is 0 Å². The molecular weight excluding hydrogens is 232 g/mol. The summed E-state index contributed by atoms with van der Waals surface area (Å²) in [5, 5.41) is 14.8. The number of carbonyl (C=O) groups excluding carboxylic acids is 2. The molecule has 5 nitrogen and oxygen atoms in total. The van der Waals surface area contributed by atoms with Crippen LogP contribution in [-0.4, -0.2) is 36.1 Å². The normalized spacial score (nSPS) is 23.3. The Bertz CT molecular complexity index is 294. The van der Waals surface area contributed by atoms with Gasteiger partial charge in [0.15, 0.2) is 0 Å². The molecule has 1 fully saturated rings. The van der Waals surface area contributed by atoms with E-state index < -0.39 is 0 Å². The Morgan fingerprint density at radius 3 is 2.56 bits per heavy atom. The number of hydrogen-bond acceptors (Lipinski definition) is 3. The Kier molecular flexibility index (Phi) is 6.12. The molecule has 0 aromatic rings. The fraction of sp³-hybridized carbons (Fsp3) is 0.846. The zero-order valence-corrected chi connectivity index (χ0v) is 11.2. The summed E-state index contributed by atoms with van der Waals surface area (Å²) < 4.78 is 0. The molecule has 0 heterocycles. The van der Waals surface area contributed by atoms with Crippen molar-refractivity contribution >= 4 is 11.8 Å². The van der Waals surface area contributed by atoms with Crippen molar-refractivity contribution in [3.05, 3.63) is 0 Å². The Balaban J connectivity index is 1.98. The summed E-state index contributed by atoms with van der Waals surface area (Å²) in [5.41, 5.74) is 0. The highest BCUT2D eigenvalue weighted by Gasteiger charge is 2.38. The SMILES string of the molecule is CCC(O)CCNC(=O)CCNC(=O)C1CC1C. The number of aliphatic hydroxyl groups excluding tert-OH is 1. The van der Waals surface area contributed by atoms with E-state index in [0.29, 0.717) is 38.3 Å². The molecule has 3 N–H and O–H groups in total. The third kappa shape index (κ3) is 5.49. The van der Waals surface area contributed by atoms with Gasteiger partial charge in [-0.2, -0.15) is 0 Å². The molecule has 0 radical (unpaired) electrons. The second-order valence-electron chi connectivity index (χ2n) is 5.06. The average Bonchev–Trinajstić information content (AvgIpc) is 3.06. The van der Waals surface area contributed by atoms with Gasteiger partial charge in [-0.1, -0.05) is 13.8 Å². The Morgan fingerprint density at radius 2 is 2.00 bits per heavy atom. The molecule has 0 aromatic carbocycles. The lowest BCUT2D eigenvalue weighted by atomic mass is 10.2. The van der Waals surface area contributed by atoms with E-state index in [9.17, 15) is 14.7 Å². The van der Waals surface area contributed by atoms with E-state index in [1.807, 2.05) is 6.92 Å². The molecule has 1 rings (SSSR count). The van der Waals surface area contributed by atoms with Gasteiger partial charge in [0.25, 0.3) is 0 Å². The lowest BCUT2D eigenvalue weighted by Crippen LogP contribution is -2.32. The quantitative estimate of drug-likeness (QED) is 0.589. The predicted molar refractivity (Wildman–Crippen MR) is 68.8 cm³/mol. The maximum Gasteiger partial charge on any atom is 0.223 e. The van der Waals surface area contributed by atoms with Crippen LogP contribution in [-0.2, 0) is 9.59 Å². The largest absolute Gasteiger partial charge is 0.393 e. The number of carbonyl (C=O) groups is 2. The van der Waals surface area contributed by atoms with E-state index in [4.69, 9.17) is 0 Å². The average molecular weight is 256 g/mol. The van der Waals surface area contributed by atoms with E-state index >= 15 is 0 Å². The fourth-order valence-corrected chi connectivity index (χ4v) is 1.79. The Morgan fingerprint density at radius 1 is 1.33 bits per heavy atom. The second-order valence-corrected chi connectivity index (χ2v) is 5.06. The van der Waals surface area contributed by atoms with Crippen LogP contribution in [0.2, 0.25) is 0 Å². The van der Waals surface area contributed by atoms with Crippen LogP contribution in [0.25, 0.3) is 0 Å². The topological polar surface area (TPSA) is 78.4 Å². The molecule has 3 atom stereocenters. The minimum atomic E-state index is -0.346. The van der Waals surface area contributed by atoms with Gasteiger partial charge in [-0.15, -0.1) is 0 Å². The maximum atomic E-state index is 11.5. The van der Waals surface area contributed by atoms with Crippen molar-refractivity contribution in [2.45, 2.75) is 45.6 Å². The first-order valence-corrected chi connectivity index (χ1v) is 6.77.